The van der Waals surface area contributed by atoms with E-state index < -0.39 is 167 Å². The van der Waals surface area contributed by atoms with Gasteiger partial charge in [-0.1, -0.05) is 0 Å². The van der Waals surface area contributed by atoms with Crippen molar-refractivity contribution in [3.8, 4) is 0 Å². The van der Waals surface area contributed by atoms with Crippen LogP contribution in [0.5, 0.6) is 0 Å². The molecule has 22 atom stereocenters. The second-order valence-corrected chi connectivity index (χ2v) is 12.9. The van der Waals surface area contributed by atoms with Gasteiger partial charge in [-0.25, -0.2) is 0 Å². The van der Waals surface area contributed by atoms with E-state index in [0.717, 1.165) is 6.92 Å². The normalized spacial score (nSPS) is 48.5. The number of amides is 1. The molecule has 4 rings (SSSR count). The van der Waals surface area contributed by atoms with Crippen LogP contribution in [0.15, 0.2) is 0 Å². The van der Waals surface area contributed by atoms with Crippen molar-refractivity contribution < 1.29 is 115 Å². The second kappa shape index (κ2) is 18.5. The second-order valence-electron chi connectivity index (χ2n) is 12.9. The van der Waals surface area contributed by atoms with E-state index in [4.69, 9.17) is 33.2 Å². The first kappa shape index (κ1) is 43.3. The van der Waals surface area contributed by atoms with Gasteiger partial charge in [0.25, 0.3) is 0 Å². The van der Waals surface area contributed by atoms with Crippen LogP contribution in [-0.4, -0.2) is 244 Å². The zero-order chi connectivity index (χ0) is 38.8. The van der Waals surface area contributed by atoms with Crippen LogP contribution >= 0.6 is 0 Å². The molecule has 0 unspecified atom stereocenters. The van der Waals surface area contributed by atoms with Crippen molar-refractivity contribution >= 4 is 5.91 Å². The molecule has 1 amide bonds. The monoisotopic (exact) mass is 767 g/mol. The molecular weight excluding hydrogens is 718 g/mol. The predicted octanol–water partition coefficient (Wildman–Crippen LogP) is -10.9. The minimum absolute atomic E-state index is 0.814. The lowest BCUT2D eigenvalue weighted by Crippen LogP contribution is -2.70. The summed E-state index contributed by atoms with van der Waals surface area (Å²) in [6.07, 6.45) is -39.7. The van der Waals surface area contributed by atoms with Crippen LogP contribution in [0.2, 0.25) is 0 Å². The average Bonchev–Trinajstić information content (AvgIpc) is 3.12. The molecule has 0 bridgehead atoms. The quantitative estimate of drug-likeness (QED) is 0.0827. The van der Waals surface area contributed by atoms with Crippen molar-refractivity contribution in [1.82, 2.24) is 5.32 Å². The van der Waals surface area contributed by atoms with E-state index in [1.54, 1.807) is 0 Å². The molecule has 4 heterocycles. The summed E-state index contributed by atoms with van der Waals surface area (Å²) in [5, 5.41) is 157. The third-order valence-corrected chi connectivity index (χ3v) is 9.26. The molecule has 4 aliphatic heterocycles. The Bertz CT molecular complexity index is 1130. The summed E-state index contributed by atoms with van der Waals surface area (Å²) in [6.45, 7) is -2.78. The third-order valence-electron chi connectivity index (χ3n) is 9.26. The summed E-state index contributed by atoms with van der Waals surface area (Å²) >= 11 is 0. The Morgan fingerprint density at radius 3 is 1.46 bits per heavy atom. The topological polar surface area (TPSA) is 397 Å². The van der Waals surface area contributed by atoms with Crippen LogP contribution in [0, 0.1) is 0 Å². The van der Waals surface area contributed by atoms with Gasteiger partial charge in [-0.15, -0.1) is 0 Å². The zero-order valence-corrected chi connectivity index (χ0v) is 27.5. The van der Waals surface area contributed by atoms with Crippen LogP contribution in [0.3, 0.4) is 0 Å². The molecule has 0 radical (unpaired) electrons. The molecule has 0 aromatic heterocycles. The van der Waals surface area contributed by atoms with Gasteiger partial charge in [0.05, 0.1) is 26.4 Å². The first-order valence-electron chi connectivity index (χ1n) is 16.3. The largest absolute Gasteiger partial charge is 0.394 e. The Morgan fingerprint density at radius 2 is 1.02 bits per heavy atom. The summed E-state index contributed by atoms with van der Waals surface area (Å²) in [4.78, 5) is 12.3. The summed E-state index contributed by atoms with van der Waals surface area (Å²) in [5.41, 5.74) is 0. The molecule has 4 aliphatic rings. The number of hydrogen-bond donors (Lipinski definition) is 16. The number of ether oxygens (including phenoxy) is 7. The molecule has 0 aromatic carbocycles. The minimum Gasteiger partial charge on any atom is -0.394 e. The van der Waals surface area contributed by atoms with Crippen LogP contribution < -0.4 is 5.32 Å². The highest BCUT2D eigenvalue weighted by molar-refractivity contribution is 5.73. The average molecular weight is 768 g/mol. The van der Waals surface area contributed by atoms with Crippen molar-refractivity contribution in [1.29, 1.82) is 0 Å². The van der Waals surface area contributed by atoms with Gasteiger partial charge in [0.1, 0.15) is 110 Å². The molecule has 24 nitrogen and oxygen atoms in total. The molecule has 304 valence electrons. The number of carbonyl (C=O) groups is 1. The van der Waals surface area contributed by atoms with Crippen molar-refractivity contribution in [2.75, 3.05) is 26.4 Å². The van der Waals surface area contributed by atoms with E-state index in [1.807, 2.05) is 0 Å². The number of aliphatic hydroxyl groups excluding tert-OH is 15. The van der Waals surface area contributed by atoms with Gasteiger partial charge in [-0.3, -0.25) is 4.79 Å². The van der Waals surface area contributed by atoms with Crippen molar-refractivity contribution in [2.24, 2.45) is 0 Å². The van der Waals surface area contributed by atoms with E-state index in [9.17, 15) is 81.4 Å². The smallest absolute Gasteiger partial charge is 0.217 e. The van der Waals surface area contributed by atoms with E-state index >= 15 is 0 Å². The van der Waals surface area contributed by atoms with Crippen LogP contribution in [0.1, 0.15) is 6.92 Å². The molecule has 0 aromatic rings. The molecule has 24 heteroatoms. The number of carbonyl (C=O) groups excluding carboxylic acids is 1. The summed E-state index contributed by atoms with van der Waals surface area (Å²) in [5.74, 6) is -0.814. The Labute approximate surface area is 294 Å². The van der Waals surface area contributed by atoms with Crippen molar-refractivity contribution in [3.63, 3.8) is 0 Å². The van der Waals surface area contributed by atoms with Gasteiger partial charge in [-0.2, -0.15) is 0 Å². The molecule has 0 aliphatic carbocycles. The molecule has 4 fully saturated rings. The van der Waals surface area contributed by atoms with Crippen molar-refractivity contribution in [3.05, 3.63) is 0 Å². The Balaban J connectivity index is 1.61. The van der Waals surface area contributed by atoms with Crippen molar-refractivity contribution in [2.45, 2.75) is 142 Å². The lowest BCUT2D eigenvalue weighted by Gasteiger charge is -2.50. The fourth-order valence-electron chi connectivity index (χ4n) is 6.39. The highest BCUT2D eigenvalue weighted by Gasteiger charge is 2.56. The maximum Gasteiger partial charge on any atom is 0.217 e. The van der Waals surface area contributed by atoms with E-state index in [0.29, 0.717) is 0 Å². The molecule has 4 saturated heterocycles. The van der Waals surface area contributed by atoms with Gasteiger partial charge in [0.15, 0.2) is 25.2 Å². The lowest BCUT2D eigenvalue weighted by molar-refractivity contribution is -0.385. The van der Waals surface area contributed by atoms with Crippen LogP contribution in [-0.2, 0) is 38.0 Å². The zero-order valence-electron chi connectivity index (χ0n) is 27.5. The Morgan fingerprint density at radius 1 is 0.558 bits per heavy atom. The Hall–Kier alpha value is -1.41. The standard InChI is InChI=1S/C28H49NO23/c1-6(34)29-11-23(51-28-18(43)14(39)16(41)21(49-28)8(36)3-31)12(37)9(4-32)47-26(11)52-24-19(44)22(10(5-33)46-25(24)45)50-27-17(42)13(38)15(40)20(48-27)7(35)2-30/h7-28,30-33,35-45H,2-5H2,1H3,(H,29,34)/t7-,8-,9-,10-,11-,12-,13+,14+,15+,16+,17+,18-,19+,20-,21-,22-,23-,24+,25+,26+,27+,28+/m1/s1. The van der Waals surface area contributed by atoms with E-state index in [1.165, 1.54) is 0 Å². The third kappa shape index (κ3) is 9.00. The van der Waals surface area contributed by atoms with E-state index in [2.05, 4.69) is 5.32 Å². The molecule has 0 spiro atoms. The first-order chi connectivity index (χ1) is 24.5. The van der Waals surface area contributed by atoms with E-state index in [-0.39, 0.29) is 0 Å². The van der Waals surface area contributed by atoms with Gasteiger partial charge >= 0.3 is 0 Å². The predicted molar refractivity (Wildman–Crippen MR) is 157 cm³/mol. The van der Waals surface area contributed by atoms with Gasteiger partial charge in [0, 0.05) is 6.92 Å². The molecule has 52 heavy (non-hydrogen) atoms. The summed E-state index contributed by atoms with van der Waals surface area (Å²) in [7, 11) is 0. The fourth-order valence-corrected chi connectivity index (χ4v) is 6.39. The molecule has 0 saturated carbocycles. The summed E-state index contributed by atoms with van der Waals surface area (Å²) < 4.78 is 38.9. The first-order valence-corrected chi connectivity index (χ1v) is 16.3. The number of hydrogen-bond acceptors (Lipinski definition) is 23. The number of nitrogens with one attached hydrogen (secondary N) is 1. The highest BCUT2D eigenvalue weighted by Crippen LogP contribution is 2.35. The summed E-state index contributed by atoms with van der Waals surface area (Å²) in [6, 6.07) is -1.69. The SMILES string of the molecule is CC(=O)N[C@H]1[C@H](O[C@H]2[C@@H](O)[C@H](O[C@@H]3O[C@H]([C@H](O)CO)[C@@H](O)[C@H](O)[C@@H]3O)[C@@H](CO)O[C@@H]2O)O[C@H](CO)[C@@H](O)[C@@H]1O[C@@H]1O[C@H]([C@H](O)CO)[C@@H](O)[C@H](O)[C@H]1O. The maximum absolute atomic E-state index is 12.3. The fraction of sp³-hybridized carbons (Fsp3) is 0.964. The lowest BCUT2D eigenvalue weighted by atomic mass is 9.93. The van der Waals surface area contributed by atoms with Gasteiger partial charge in [-0.05, 0) is 0 Å². The minimum atomic E-state index is -2.12. The van der Waals surface area contributed by atoms with Gasteiger partial charge in [0.2, 0.25) is 5.91 Å². The maximum atomic E-state index is 12.3. The highest BCUT2D eigenvalue weighted by atomic mass is 16.8. The Kier molecular flexibility index (Phi) is 15.4. The van der Waals surface area contributed by atoms with Gasteiger partial charge < -0.3 is 115 Å². The molecular formula is C28H49NO23. The molecule has 16 N–H and O–H groups in total. The van der Waals surface area contributed by atoms with Crippen LogP contribution in [0.25, 0.3) is 0 Å². The van der Waals surface area contributed by atoms with Crippen LogP contribution in [0.4, 0.5) is 0 Å². The number of aliphatic hydroxyl groups is 15. The number of rotatable bonds is 13.